The molecule has 230 valence electrons. The van der Waals surface area contributed by atoms with Crippen LogP contribution in [0.3, 0.4) is 0 Å². The van der Waals surface area contributed by atoms with Crippen LogP contribution in [-0.2, 0) is 21.7 Å². The zero-order valence-electron chi connectivity index (χ0n) is 25.0. The Bertz CT molecular complexity index is 1750. The lowest BCUT2D eigenvalue weighted by atomic mass is 9.82. The lowest BCUT2D eigenvalue weighted by Gasteiger charge is -2.31. The van der Waals surface area contributed by atoms with Crippen molar-refractivity contribution < 1.29 is 24.5 Å². The van der Waals surface area contributed by atoms with Crippen molar-refractivity contribution in [3.8, 4) is 5.75 Å². The highest BCUT2D eigenvalue weighted by Gasteiger charge is 2.52. The number of aryl methyl sites for hydroxylation is 1. The first kappa shape index (κ1) is 30.0. The molecule has 0 spiro atoms. The molecule has 0 saturated heterocycles. The Morgan fingerprint density at radius 3 is 2.62 bits per heavy atom. The van der Waals surface area contributed by atoms with Crippen LogP contribution in [0.1, 0.15) is 36.1 Å². The van der Waals surface area contributed by atoms with Crippen LogP contribution in [0.4, 0.5) is 17.1 Å². The number of allylic oxidation sites excluding steroid dienone is 1. The molecule has 2 amide bonds. The summed E-state index contributed by atoms with van der Waals surface area (Å²) >= 11 is 0. The van der Waals surface area contributed by atoms with E-state index < -0.39 is 17.4 Å². The Hall–Kier alpha value is -5.06. The molecule has 1 unspecified atom stereocenters. The number of fused-ring (bicyclic) bond motifs is 2. The second kappa shape index (κ2) is 12.5. The first-order valence-corrected chi connectivity index (χ1v) is 14.9. The number of aliphatic hydroxyl groups excluding tert-OH is 1. The van der Waals surface area contributed by atoms with E-state index in [1.807, 2.05) is 60.8 Å². The minimum atomic E-state index is -1.86. The van der Waals surface area contributed by atoms with Crippen LogP contribution in [0.2, 0.25) is 0 Å². The maximum Gasteiger partial charge on any atom is 0.269 e. The van der Waals surface area contributed by atoms with E-state index in [9.17, 15) is 19.8 Å². The smallest absolute Gasteiger partial charge is 0.269 e. The Labute approximate surface area is 261 Å². The molecule has 45 heavy (non-hydrogen) atoms. The van der Waals surface area contributed by atoms with E-state index in [4.69, 9.17) is 4.74 Å². The number of nitrogens with zero attached hydrogens (tertiary/aromatic N) is 5. The molecule has 0 saturated carbocycles. The minimum Gasteiger partial charge on any atom is -0.482 e. The van der Waals surface area contributed by atoms with Gasteiger partial charge in [0.1, 0.15) is 5.75 Å². The van der Waals surface area contributed by atoms with Crippen molar-refractivity contribution in [1.29, 1.82) is 0 Å². The van der Waals surface area contributed by atoms with E-state index in [0.717, 1.165) is 5.56 Å². The average molecular weight is 606 g/mol. The number of carbonyl (C=O) groups is 2. The Morgan fingerprint density at radius 1 is 1.07 bits per heavy atom. The van der Waals surface area contributed by atoms with Crippen LogP contribution in [0.25, 0.3) is 0 Å². The summed E-state index contributed by atoms with van der Waals surface area (Å²) in [7, 11) is 0. The normalized spacial score (nSPS) is 18.9. The Morgan fingerprint density at radius 2 is 1.84 bits per heavy atom. The fourth-order valence-electron chi connectivity index (χ4n) is 6.05. The number of carbonyl (C=O) groups excluding carboxylic acids is 2. The summed E-state index contributed by atoms with van der Waals surface area (Å²) in [5.41, 5.74) is 1.93. The Balaban J connectivity index is 1.22. The minimum absolute atomic E-state index is 0.0784. The summed E-state index contributed by atoms with van der Waals surface area (Å²) in [6.45, 7) is 6.16. The molecule has 3 heterocycles. The predicted octanol–water partition coefficient (Wildman–Crippen LogP) is 4.46. The van der Waals surface area contributed by atoms with E-state index >= 15 is 0 Å². The number of benzene rings is 3. The van der Waals surface area contributed by atoms with Gasteiger partial charge in [-0.05, 0) is 42.3 Å². The summed E-state index contributed by atoms with van der Waals surface area (Å²) in [4.78, 5) is 29.9. The molecule has 3 atom stereocenters. The molecule has 4 aromatic rings. The van der Waals surface area contributed by atoms with Gasteiger partial charge >= 0.3 is 0 Å². The van der Waals surface area contributed by atoms with E-state index in [2.05, 4.69) is 16.9 Å². The van der Waals surface area contributed by atoms with Gasteiger partial charge in [-0.3, -0.25) is 19.2 Å². The molecule has 2 aliphatic heterocycles. The highest BCUT2D eigenvalue weighted by molar-refractivity contribution is 6.09. The standard InChI is InChI=1S/C35H35N5O5/c1-3-18-39-30-17-16-26(40-31-14-7-8-15-32(31)45-23-33(40)42)20-28(30)35(44,34(39)43)24(2)11-9-10-19-38-21-29(36-37-38)27(22-41)25-12-5-4-6-13-25/h3-9,11-17,20-21,24,27,41,44H,1,10,18-19,22-23H2,2H3/b11-9+/t24-,27?,35+/m1/s1. The number of rotatable bonds is 11. The molecule has 0 bridgehead atoms. The van der Waals surface area contributed by atoms with Crippen LogP contribution in [0.15, 0.2) is 104 Å². The SMILES string of the molecule is C=CCN1C(=O)[C@](O)([C@H](C)/C=C/CCn2cc(C(CO)c3ccccc3)nn2)c2cc(N3C(=O)COc4ccccc43)ccc21. The second-order valence-electron chi connectivity index (χ2n) is 11.2. The molecule has 0 fully saturated rings. The molecule has 10 nitrogen and oxygen atoms in total. The van der Waals surface area contributed by atoms with Crippen molar-refractivity contribution in [3.05, 3.63) is 121 Å². The monoisotopic (exact) mass is 605 g/mol. The summed E-state index contributed by atoms with van der Waals surface area (Å²) in [5.74, 6) is -0.965. The number of ether oxygens (including phenoxy) is 1. The first-order chi connectivity index (χ1) is 21.9. The van der Waals surface area contributed by atoms with Crippen LogP contribution in [0.5, 0.6) is 5.75 Å². The van der Waals surface area contributed by atoms with Gasteiger partial charge in [0.2, 0.25) is 0 Å². The van der Waals surface area contributed by atoms with Crippen molar-refractivity contribution in [2.45, 2.75) is 31.4 Å². The molecule has 2 N–H and O–H groups in total. The number of aliphatic hydroxyl groups is 2. The molecule has 0 aliphatic carbocycles. The molecule has 10 heteroatoms. The van der Waals surface area contributed by atoms with E-state index in [0.29, 0.717) is 47.0 Å². The maximum atomic E-state index is 13.8. The summed E-state index contributed by atoms with van der Waals surface area (Å²) in [6, 6.07) is 22.2. The third-order valence-electron chi connectivity index (χ3n) is 8.44. The fourth-order valence-corrected chi connectivity index (χ4v) is 6.05. The van der Waals surface area contributed by atoms with Crippen LogP contribution in [0, 0.1) is 5.92 Å². The lowest BCUT2D eigenvalue weighted by molar-refractivity contribution is -0.139. The molecule has 1 aromatic heterocycles. The van der Waals surface area contributed by atoms with Crippen LogP contribution < -0.4 is 14.5 Å². The third kappa shape index (κ3) is 5.43. The van der Waals surface area contributed by atoms with E-state index in [-0.39, 0.29) is 31.6 Å². The molecular weight excluding hydrogens is 570 g/mol. The van der Waals surface area contributed by atoms with Crippen molar-refractivity contribution >= 4 is 28.9 Å². The van der Waals surface area contributed by atoms with Crippen molar-refractivity contribution in [1.82, 2.24) is 15.0 Å². The molecular formula is C35H35N5O5. The number of amides is 2. The predicted molar refractivity (Wildman–Crippen MR) is 170 cm³/mol. The van der Waals surface area contributed by atoms with Crippen molar-refractivity contribution in [3.63, 3.8) is 0 Å². The van der Waals surface area contributed by atoms with Gasteiger partial charge in [-0.1, -0.05) is 72.8 Å². The zero-order valence-corrected chi connectivity index (χ0v) is 25.0. The summed E-state index contributed by atoms with van der Waals surface area (Å²) in [6.07, 6.45) is 7.78. The average Bonchev–Trinajstić information content (AvgIpc) is 3.61. The number of hydrogen-bond acceptors (Lipinski definition) is 7. The maximum absolute atomic E-state index is 13.8. The molecule has 0 radical (unpaired) electrons. The number of hydrogen-bond donors (Lipinski definition) is 2. The highest BCUT2D eigenvalue weighted by atomic mass is 16.5. The second-order valence-corrected chi connectivity index (χ2v) is 11.2. The van der Waals surface area contributed by atoms with Gasteiger partial charge in [-0.15, -0.1) is 11.7 Å². The molecule has 3 aromatic carbocycles. The fraction of sp³-hybridized carbons (Fsp3) is 0.257. The first-order valence-electron chi connectivity index (χ1n) is 14.9. The van der Waals surface area contributed by atoms with Crippen molar-refractivity contribution in [2.75, 3.05) is 29.6 Å². The quantitative estimate of drug-likeness (QED) is 0.242. The van der Waals surface area contributed by atoms with Gasteiger partial charge < -0.3 is 19.8 Å². The number of aromatic nitrogens is 3. The highest BCUT2D eigenvalue weighted by Crippen LogP contribution is 2.48. The van der Waals surface area contributed by atoms with Gasteiger partial charge in [0.25, 0.3) is 11.8 Å². The largest absolute Gasteiger partial charge is 0.482 e. The van der Waals surface area contributed by atoms with Gasteiger partial charge in [0, 0.05) is 36.5 Å². The summed E-state index contributed by atoms with van der Waals surface area (Å²) in [5, 5.41) is 30.6. The number of anilines is 3. The van der Waals surface area contributed by atoms with Gasteiger partial charge in [0.15, 0.2) is 12.2 Å². The van der Waals surface area contributed by atoms with Crippen LogP contribution >= 0.6 is 0 Å². The molecule has 2 aliphatic rings. The van der Waals surface area contributed by atoms with Crippen LogP contribution in [-0.4, -0.2) is 56.8 Å². The van der Waals surface area contributed by atoms with Gasteiger partial charge in [-0.25, -0.2) is 0 Å². The van der Waals surface area contributed by atoms with Crippen molar-refractivity contribution in [2.24, 2.45) is 5.92 Å². The summed E-state index contributed by atoms with van der Waals surface area (Å²) < 4.78 is 7.32. The molecule has 6 rings (SSSR count). The van der Waals surface area contributed by atoms with E-state index in [1.165, 1.54) is 4.90 Å². The Kier molecular flexibility index (Phi) is 8.34. The van der Waals surface area contributed by atoms with Gasteiger partial charge in [-0.2, -0.15) is 0 Å². The lowest BCUT2D eigenvalue weighted by Crippen LogP contribution is -2.44. The number of para-hydroxylation sites is 2. The topological polar surface area (TPSA) is 121 Å². The van der Waals surface area contributed by atoms with Gasteiger partial charge in [0.05, 0.1) is 29.6 Å². The van der Waals surface area contributed by atoms with E-state index in [1.54, 1.807) is 52.9 Å². The third-order valence-corrected chi connectivity index (χ3v) is 8.44. The zero-order chi connectivity index (χ0) is 31.6.